The molecule has 3 saturated heterocycles. The molecule has 0 unspecified atom stereocenters. The van der Waals surface area contributed by atoms with Crippen LogP contribution in [-0.4, -0.2) is 61.0 Å². The molecular formula is C25H33FN6OS. The van der Waals surface area contributed by atoms with Gasteiger partial charge < -0.3 is 25.2 Å². The van der Waals surface area contributed by atoms with Gasteiger partial charge in [0.05, 0.1) is 0 Å². The van der Waals surface area contributed by atoms with Crippen LogP contribution in [-0.2, 0) is 10.2 Å². The minimum absolute atomic E-state index is 0.156. The highest BCUT2D eigenvalue weighted by Gasteiger charge is 2.34. The molecule has 34 heavy (non-hydrogen) atoms. The maximum atomic E-state index is 13.5. The van der Waals surface area contributed by atoms with E-state index in [9.17, 15) is 4.39 Å². The van der Waals surface area contributed by atoms with Gasteiger partial charge in [-0.15, -0.1) is 0 Å². The van der Waals surface area contributed by atoms with E-state index in [-0.39, 0.29) is 11.2 Å². The second-order valence-electron chi connectivity index (χ2n) is 9.50. The fourth-order valence-electron chi connectivity index (χ4n) is 5.22. The van der Waals surface area contributed by atoms with E-state index < -0.39 is 0 Å². The van der Waals surface area contributed by atoms with Gasteiger partial charge in [-0.05, 0) is 68.4 Å². The Morgan fingerprint density at radius 1 is 0.941 bits per heavy atom. The molecule has 3 aliphatic heterocycles. The Balaban J connectivity index is 1.30. The summed E-state index contributed by atoms with van der Waals surface area (Å²) < 4.78 is 19.1. The van der Waals surface area contributed by atoms with Crippen molar-refractivity contribution in [2.75, 3.05) is 61.1 Å². The Kier molecular flexibility index (Phi) is 7.10. The molecule has 182 valence electrons. The predicted octanol–water partition coefficient (Wildman–Crippen LogP) is 3.85. The summed E-state index contributed by atoms with van der Waals surface area (Å²) in [6, 6.07) is 8.93. The first-order chi connectivity index (χ1) is 16.6. The van der Waals surface area contributed by atoms with Crippen LogP contribution in [0.25, 0.3) is 0 Å². The van der Waals surface area contributed by atoms with Crippen LogP contribution in [0, 0.1) is 5.82 Å². The smallest absolute Gasteiger partial charge is 0.232 e. The molecule has 0 aliphatic carbocycles. The van der Waals surface area contributed by atoms with E-state index >= 15 is 0 Å². The van der Waals surface area contributed by atoms with Gasteiger partial charge in [-0.1, -0.05) is 12.1 Å². The van der Waals surface area contributed by atoms with Gasteiger partial charge in [0, 0.05) is 57.4 Å². The SMILES string of the molecule is Fc1ccc(C2(CNC(=S)Nc3nc(N4CCCC4)cc(N4CCCC4)n3)CCOCC2)cc1. The van der Waals surface area contributed by atoms with Gasteiger partial charge in [0.25, 0.3) is 0 Å². The number of ether oxygens (including phenoxy) is 1. The topological polar surface area (TPSA) is 65.6 Å². The number of nitrogens with one attached hydrogen (secondary N) is 2. The van der Waals surface area contributed by atoms with E-state index in [1.807, 2.05) is 12.1 Å². The van der Waals surface area contributed by atoms with Gasteiger partial charge >= 0.3 is 0 Å². The lowest BCUT2D eigenvalue weighted by Gasteiger charge is -2.38. The second-order valence-corrected chi connectivity index (χ2v) is 9.91. The Labute approximate surface area is 206 Å². The van der Waals surface area contributed by atoms with E-state index in [0.717, 1.165) is 56.2 Å². The lowest BCUT2D eigenvalue weighted by molar-refractivity contribution is 0.0515. The molecule has 2 N–H and O–H groups in total. The third-order valence-corrected chi connectivity index (χ3v) is 7.52. The number of hydrogen-bond donors (Lipinski definition) is 2. The molecule has 5 rings (SSSR count). The first kappa shape index (κ1) is 23.2. The minimum Gasteiger partial charge on any atom is -0.381 e. The van der Waals surface area contributed by atoms with Gasteiger partial charge in [-0.3, -0.25) is 0 Å². The summed E-state index contributed by atoms with van der Waals surface area (Å²) in [5.74, 6) is 2.24. The van der Waals surface area contributed by atoms with Crippen LogP contribution in [0.15, 0.2) is 30.3 Å². The minimum atomic E-state index is -0.222. The molecule has 2 aromatic rings. The van der Waals surface area contributed by atoms with Crippen molar-refractivity contribution in [2.45, 2.75) is 43.9 Å². The summed E-state index contributed by atoms with van der Waals surface area (Å²) in [4.78, 5) is 14.2. The normalized spacial score (nSPS) is 19.9. The van der Waals surface area contributed by atoms with Gasteiger partial charge in [0.1, 0.15) is 17.5 Å². The maximum Gasteiger partial charge on any atom is 0.232 e. The molecular weight excluding hydrogens is 451 g/mol. The molecule has 1 aromatic carbocycles. The number of hydrogen-bond acceptors (Lipinski definition) is 6. The van der Waals surface area contributed by atoms with Crippen molar-refractivity contribution in [3.05, 3.63) is 41.7 Å². The number of benzene rings is 1. The number of rotatable bonds is 6. The molecule has 0 spiro atoms. The number of halogens is 1. The monoisotopic (exact) mass is 484 g/mol. The van der Waals surface area contributed by atoms with E-state index in [1.54, 1.807) is 0 Å². The summed E-state index contributed by atoms with van der Waals surface area (Å²) in [5, 5.41) is 7.14. The molecule has 9 heteroatoms. The van der Waals surface area contributed by atoms with Crippen molar-refractivity contribution >= 4 is 34.9 Å². The lowest BCUT2D eigenvalue weighted by atomic mass is 9.74. The van der Waals surface area contributed by atoms with Crippen molar-refractivity contribution in [1.29, 1.82) is 0 Å². The Morgan fingerprint density at radius 3 is 2.06 bits per heavy atom. The quantitative estimate of drug-likeness (QED) is 0.600. The van der Waals surface area contributed by atoms with Gasteiger partial charge in [-0.25, -0.2) is 4.39 Å². The van der Waals surface area contributed by atoms with Crippen LogP contribution in [0.3, 0.4) is 0 Å². The first-order valence-electron chi connectivity index (χ1n) is 12.4. The molecule has 0 amide bonds. The molecule has 3 aliphatic rings. The van der Waals surface area contributed by atoms with Gasteiger partial charge in [0.2, 0.25) is 5.95 Å². The van der Waals surface area contributed by atoms with Crippen molar-refractivity contribution in [3.63, 3.8) is 0 Å². The van der Waals surface area contributed by atoms with Crippen LogP contribution in [0.4, 0.5) is 22.0 Å². The fraction of sp³-hybridized carbons (Fsp3) is 0.560. The van der Waals surface area contributed by atoms with Gasteiger partial charge in [-0.2, -0.15) is 9.97 Å². The number of aromatic nitrogens is 2. The average molecular weight is 485 g/mol. The standard InChI is InChI=1S/C25H33FN6OS/c26-20-7-5-19(6-8-20)25(9-15-33-16-10-25)18-27-24(34)30-23-28-21(31-11-1-2-12-31)17-22(29-23)32-13-3-4-14-32/h5-8,17H,1-4,9-16,18H2,(H2,27,28,29,30,34). The Bertz CT molecular complexity index is 951. The van der Waals surface area contributed by atoms with Crippen LogP contribution in [0.1, 0.15) is 44.1 Å². The zero-order valence-electron chi connectivity index (χ0n) is 19.6. The molecule has 0 saturated carbocycles. The maximum absolute atomic E-state index is 13.5. The van der Waals surface area contributed by atoms with Crippen molar-refractivity contribution in [2.24, 2.45) is 0 Å². The summed E-state index contributed by atoms with van der Waals surface area (Å²) in [6.45, 7) is 6.11. The average Bonchev–Trinajstić information content (AvgIpc) is 3.59. The molecule has 3 fully saturated rings. The molecule has 0 bridgehead atoms. The Hall–Kier alpha value is -2.52. The van der Waals surface area contributed by atoms with Crippen molar-refractivity contribution < 1.29 is 9.13 Å². The molecule has 1 aromatic heterocycles. The first-order valence-corrected chi connectivity index (χ1v) is 12.8. The fourth-order valence-corrected chi connectivity index (χ4v) is 5.39. The zero-order valence-corrected chi connectivity index (χ0v) is 20.4. The summed E-state index contributed by atoms with van der Waals surface area (Å²) >= 11 is 5.66. The molecule has 4 heterocycles. The number of anilines is 3. The van der Waals surface area contributed by atoms with Crippen molar-refractivity contribution in [1.82, 2.24) is 15.3 Å². The van der Waals surface area contributed by atoms with Crippen LogP contribution in [0.5, 0.6) is 0 Å². The Morgan fingerprint density at radius 2 is 1.50 bits per heavy atom. The summed E-state index contributed by atoms with van der Waals surface area (Å²) in [5.41, 5.74) is 0.951. The van der Waals surface area contributed by atoms with E-state index in [2.05, 4.69) is 26.5 Å². The van der Waals surface area contributed by atoms with E-state index in [0.29, 0.717) is 30.8 Å². The van der Waals surface area contributed by atoms with E-state index in [1.165, 1.54) is 37.8 Å². The largest absolute Gasteiger partial charge is 0.381 e. The highest BCUT2D eigenvalue weighted by molar-refractivity contribution is 7.80. The third kappa shape index (κ3) is 5.25. The van der Waals surface area contributed by atoms with Crippen LogP contribution < -0.4 is 20.4 Å². The molecule has 7 nitrogen and oxygen atoms in total. The highest BCUT2D eigenvalue weighted by Crippen LogP contribution is 2.34. The number of thiocarbonyl (C=S) groups is 1. The van der Waals surface area contributed by atoms with Crippen LogP contribution >= 0.6 is 12.2 Å². The summed E-state index contributed by atoms with van der Waals surface area (Å²) in [6.07, 6.45) is 6.49. The van der Waals surface area contributed by atoms with Gasteiger partial charge in [0.15, 0.2) is 5.11 Å². The predicted molar refractivity (Wildman–Crippen MR) is 137 cm³/mol. The zero-order chi connectivity index (χ0) is 23.4. The van der Waals surface area contributed by atoms with Crippen molar-refractivity contribution in [3.8, 4) is 0 Å². The highest BCUT2D eigenvalue weighted by atomic mass is 32.1. The second kappa shape index (κ2) is 10.4. The van der Waals surface area contributed by atoms with E-state index in [4.69, 9.17) is 26.9 Å². The summed E-state index contributed by atoms with van der Waals surface area (Å²) in [7, 11) is 0. The third-order valence-electron chi connectivity index (χ3n) is 7.28. The molecule has 0 radical (unpaired) electrons. The van der Waals surface area contributed by atoms with Crippen LogP contribution in [0.2, 0.25) is 0 Å². The lowest BCUT2D eigenvalue weighted by Crippen LogP contribution is -2.45. The number of nitrogens with zero attached hydrogens (tertiary/aromatic N) is 4. The molecule has 0 atom stereocenters.